The van der Waals surface area contributed by atoms with E-state index >= 15 is 0 Å². The van der Waals surface area contributed by atoms with Crippen LogP contribution >= 0.6 is 0 Å². The number of nitrogens with one attached hydrogen (secondary N) is 1. The van der Waals surface area contributed by atoms with E-state index in [2.05, 4.69) is 20.5 Å². The first-order valence-electron chi connectivity index (χ1n) is 13.1. The Bertz CT molecular complexity index is 2170. The molecule has 4 heterocycles. The van der Waals surface area contributed by atoms with E-state index in [1.165, 1.54) is 77.7 Å². The van der Waals surface area contributed by atoms with Crippen LogP contribution in [0.3, 0.4) is 0 Å². The summed E-state index contributed by atoms with van der Waals surface area (Å²) in [6.45, 7) is 0. The van der Waals surface area contributed by atoms with Crippen molar-refractivity contribution in [2.75, 3.05) is 5.32 Å². The van der Waals surface area contributed by atoms with Crippen LogP contribution in [0.15, 0.2) is 103 Å². The molecule has 0 aliphatic heterocycles. The van der Waals surface area contributed by atoms with Crippen molar-refractivity contribution in [3.05, 3.63) is 136 Å². The Hall–Kier alpha value is -6.06. The molecular weight excluding hydrogens is 620 g/mol. The Balaban J connectivity index is 1.31. The lowest BCUT2D eigenvalue weighted by atomic mass is 10.0. The van der Waals surface area contributed by atoms with Gasteiger partial charge in [-0.2, -0.15) is 36.5 Å². The van der Waals surface area contributed by atoms with E-state index in [1.54, 1.807) is 0 Å². The maximum Gasteiger partial charge on any atom is 0.434 e. The number of hydrogen-bond acceptors (Lipinski definition) is 6. The second-order valence-electron chi connectivity index (χ2n) is 9.73. The van der Waals surface area contributed by atoms with Crippen LogP contribution in [0.2, 0.25) is 0 Å². The molecule has 16 heteroatoms. The maximum absolute atomic E-state index is 14.3. The van der Waals surface area contributed by atoms with Crippen molar-refractivity contribution in [2.24, 2.45) is 0 Å². The van der Waals surface area contributed by atoms with Crippen molar-refractivity contribution in [2.45, 2.75) is 12.4 Å². The van der Waals surface area contributed by atoms with Crippen molar-refractivity contribution in [3.63, 3.8) is 0 Å². The average Bonchev–Trinajstić information content (AvgIpc) is 3.72. The lowest BCUT2D eigenvalue weighted by Crippen LogP contribution is -2.21. The van der Waals surface area contributed by atoms with Gasteiger partial charge in [-0.25, -0.2) is 14.3 Å². The Kier molecular flexibility index (Phi) is 7.26. The minimum absolute atomic E-state index is 0.0626. The number of amides is 1. The van der Waals surface area contributed by atoms with Crippen LogP contribution in [0.1, 0.15) is 37.5 Å². The Morgan fingerprint density at radius 1 is 0.783 bits per heavy atom. The topological polar surface area (TPSA) is 116 Å². The molecule has 0 saturated carbocycles. The summed E-state index contributed by atoms with van der Waals surface area (Å²) < 4.78 is 86.8. The Morgan fingerprint density at radius 3 is 2.22 bits per heavy atom. The number of ketones is 1. The smallest absolute Gasteiger partial charge is 0.322 e. The van der Waals surface area contributed by atoms with Crippen LogP contribution in [0.25, 0.3) is 17.0 Å². The number of fused-ring (bicyclic) bond motifs is 1. The molecule has 6 rings (SSSR count). The molecule has 10 nitrogen and oxygen atoms in total. The van der Waals surface area contributed by atoms with E-state index in [0.29, 0.717) is 16.9 Å². The zero-order chi connectivity index (χ0) is 32.8. The number of carbonyl (C=O) groups is 2. The van der Waals surface area contributed by atoms with Gasteiger partial charge in [-0.3, -0.25) is 18.8 Å². The van der Waals surface area contributed by atoms with Crippen LogP contribution in [-0.4, -0.2) is 40.6 Å². The van der Waals surface area contributed by atoms with Gasteiger partial charge in [-0.05, 0) is 60.7 Å². The van der Waals surface area contributed by atoms with E-state index in [0.717, 1.165) is 16.8 Å². The van der Waals surface area contributed by atoms with E-state index in [1.807, 2.05) is 0 Å². The number of aromatic nitrogens is 6. The van der Waals surface area contributed by atoms with E-state index in [-0.39, 0.29) is 28.1 Å². The molecule has 1 N–H and O–H groups in total. The highest BCUT2D eigenvalue weighted by Crippen LogP contribution is 2.37. The predicted molar refractivity (Wildman–Crippen MR) is 150 cm³/mol. The average molecular weight is 638 g/mol. The summed E-state index contributed by atoms with van der Waals surface area (Å²) >= 11 is 0. The number of anilines is 1. The number of rotatable bonds is 6. The van der Waals surface area contributed by atoms with Crippen LogP contribution < -0.4 is 10.9 Å². The molecule has 4 aromatic heterocycles. The molecule has 0 aliphatic rings. The number of alkyl halides is 6. The fraction of sp³-hybridized carbons (Fsp3) is 0.0667. The molecule has 1 amide bonds. The first kappa shape index (κ1) is 30.0. The summed E-state index contributed by atoms with van der Waals surface area (Å²) in [4.78, 5) is 42.4. The molecule has 46 heavy (non-hydrogen) atoms. The van der Waals surface area contributed by atoms with Gasteiger partial charge in [0.1, 0.15) is 0 Å². The van der Waals surface area contributed by atoms with Crippen LogP contribution in [0.4, 0.5) is 32.0 Å². The highest BCUT2D eigenvalue weighted by molar-refractivity contribution is 6.12. The Labute approximate surface area is 253 Å². The molecule has 0 bridgehead atoms. The van der Waals surface area contributed by atoms with Gasteiger partial charge in [0.2, 0.25) is 0 Å². The highest BCUT2D eigenvalue weighted by atomic mass is 19.4. The van der Waals surface area contributed by atoms with Crippen molar-refractivity contribution in [1.82, 2.24) is 28.9 Å². The minimum atomic E-state index is -5.12. The molecule has 0 atom stereocenters. The lowest BCUT2D eigenvalue weighted by Gasteiger charge is -2.16. The molecule has 0 unspecified atom stereocenters. The molecule has 232 valence electrons. The fourth-order valence-electron chi connectivity index (χ4n) is 4.78. The largest absolute Gasteiger partial charge is 0.434 e. The summed E-state index contributed by atoms with van der Waals surface area (Å²) in [5, 5.41) is 9.57. The summed E-state index contributed by atoms with van der Waals surface area (Å²) in [6, 6.07) is 13.1. The molecule has 0 fully saturated rings. The maximum atomic E-state index is 14.3. The minimum Gasteiger partial charge on any atom is -0.322 e. The standard InChI is InChI=1S/C30H17F6N7O3/c31-29(32,33)22-15-18(6-9-23(22)42-14-2-11-38-42)40-28(46)21-16-39-43(26(21)30(34,35)36)19-7-4-17(5-8-19)25(45)20-3-1-13-41-24(44)10-12-37-27(20)41/h1-16H,(H,40,46). The second kappa shape index (κ2) is 11.1. The summed E-state index contributed by atoms with van der Waals surface area (Å²) in [6.07, 6.45) is -4.14. The van der Waals surface area contributed by atoms with Crippen molar-refractivity contribution < 1.29 is 35.9 Å². The number of pyridine rings is 1. The Morgan fingerprint density at radius 2 is 1.54 bits per heavy atom. The first-order chi connectivity index (χ1) is 21.8. The third-order valence-electron chi connectivity index (χ3n) is 6.83. The van der Waals surface area contributed by atoms with E-state index in [9.17, 15) is 40.7 Å². The summed E-state index contributed by atoms with van der Waals surface area (Å²) in [5.74, 6) is -1.92. The van der Waals surface area contributed by atoms with E-state index in [4.69, 9.17) is 0 Å². The molecule has 0 radical (unpaired) electrons. The SMILES string of the molecule is O=C(Nc1ccc(-n2cccn2)c(C(F)(F)F)c1)c1cnn(-c2ccc(C(=O)c3cccn4c(=O)ccnc34)cc2)c1C(F)(F)F. The van der Waals surface area contributed by atoms with E-state index < -0.39 is 52.1 Å². The highest BCUT2D eigenvalue weighted by Gasteiger charge is 2.41. The van der Waals surface area contributed by atoms with Gasteiger partial charge < -0.3 is 5.32 Å². The molecule has 0 saturated heterocycles. The van der Waals surface area contributed by atoms with Crippen LogP contribution in [-0.2, 0) is 12.4 Å². The molecule has 2 aromatic carbocycles. The quantitative estimate of drug-likeness (QED) is 0.188. The first-order valence-corrected chi connectivity index (χ1v) is 13.1. The zero-order valence-electron chi connectivity index (χ0n) is 22.9. The van der Waals surface area contributed by atoms with Gasteiger partial charge in [0.15, 0.2) is 17.1 Å². The molecule has 6 aromatic rings. The predicted octanol–water partition coefficient (Wildman–Crippen LogP) is 5.59. The summed E-state index contributed by atoms with van der Waals surface area (Å²) in [7, 11) is 0. The number of nitrogens with zero attached hydrogens (tertiary/aromatic N) is 6. The van der Waals surface area contributed by atoms with Gasteiger partial charge in [0.25, 0.3) is 11.5 Å². The molecule has 0 aliphatic carbocycles. The van der Waals surface area contributed by atoms with Crippen molar-refractivity contribution in [3.8, 4) is 11.4 Å². The number of carbonyl (C=O) groups excluding carboxylic acids is 2. The number of halogens is 6. The zero-order valence-corrected chi connectivity index (χ0v) is 22.9. The molecular formula is C30H17F6N7O3. The van der Waals surface area contributed by atoms with Gasteiger partial charge in [-0.15, -0.1) is 0 Å². The number of hydrogen-bond donors (Lipinski definition) is 1. The molecule has 0 spiro atoms. The fourth-order valence-corrected chi connectivity index (χ4v) is 4.78. The third-order valence-corrected chi connectivity index (χ3v) is 6.83. The third kappa shape index (κ3) is 5.51. The van der Waals surface area contributed by atoms with Crippen molar-refractivity contribution >= 4 is 23.0 Å². The van der Waals surface area contributed by atoms with Crippen molar-refractivity contribution in [1.29, 1.82) is 0 Å². The normalized spacial score (nSPS) is 12.0. The monoisotopic (exact) mass is 637 g/mol. The lowest BCUT2D eigenvalue weighted by molar-refractivity contribution is -0.143. The second-order valence-corrected chi connectivity index (χ2v) is 9.73. The van der Waals surface area contributed by atoms with Gasteiger partial charge in [0, 0.05) is 42.1 Å². The van der Waals surface area contributed by atoms with Gasteiger partial charge >= 0.3 is 12.4 Å². The van der Waals surface area contributed by atoms with Gasteiger partial charge in [-0.1, -0.05) is 0 Å². The van der Waals surface area contributed by atoms with Crippen LogP contribution in [0, 0.1) is 0 Å². The summed E-state index contributed by atoms with van der Waals surface area (Å²) in [5.41, 5.74) is -4.75. The van der Waals surface area contributed by atoms with Crippen LogP contribution in [0.5, 0.6) is 0 Å². The van der Waals surface area contributed by atoms with Gasteiger partial charge in [0.05, 0.1) is 34.3 Å². The number of benzene rings is 2.